The molecule has 0 aromatic heterocycles. The van der Waals surface area contributed by atoms with Crippen molar-refractivity contribution < 1.29 is 46.6 Å². The van der Waals surface area contributed by atoms with Gasteiger partial charge in [-0.1, -0.05) is 6.92 Å². The van der Waals surface area contributed by atoms with Crippen molar-refractivity contribution >= 4 is 34.2 Å². The number of ether oxygens (including phenoxy) is 1. The van der Waals surface area contributed by atoms with Crippen molar-refractivity contribution in [3.05, 3.63) is 0 Å². The summed E-state index contributed by atoms with van der Waals surface area (Å²) in [5.74, 6) is 0.276. The van der Waals surface area contributed by atoms with Crippen LogP contribution in [0.3, 0.4) is 0 Å². The molecule has 0 aromatic rings. The van der Waals surface area contributed by atoms with Gasteiger partial charge in [-0.15, -0.1) is 0 Å². The zero-order chi connectivity index (χ0) is 16.5. The molecule has 0 spiro atoms. The highest BCUT2D eigenvalue weighted by atomic mass is 32.5. The third kappa shape index (κ3) is 7.74. The Morgan fingerprint density at radius 1 is 1.19 bits per heavy atom. The molecular formula is C7H17O10P3S. The summed E-state index contributed by atoms with van der Waals surface area (Å²) in [6, 6.07) is 0. The highest BCUT2D eigenvalue weighted by Gasteiger charge is 2.39. The van der Waals surface area contributed by atoms with E-state index in [2.05, 4.69) is 20.4 Å². The lowest BCUT2D eigenvalue weighted by Crippen LogP contribution is -2.15. The summed E-state index contributed by atoms with van der Waals surface area (Å²) >= 11 is 4.48. The van der Waals surface area contributed by atoms with Crippen LogP contribution in [0.2, 0.25) is 0 Å². The lowest BCUT2D eigenvalue weighted by atomic mass is 10.0. The van der Waals surface area contributed by atoms with E-state index in [-0.39, 0.29) is 24.7 Å². The van der Waals surface area contributed by atoms with Crippen molar-refractivity contribution in [2.24, 2.45) is 5.92 Å². The SMILES string of the molecule is CC1OC(COP(O)(=S)OP(=O)(O)OP(=O)(O)O)C[C@@H]1C. The van der Waals surface area contributed by atoms with Gasteiger partial charge in [-0.3, -0.25) is 0 Å². The minimum Gasteiger partial charge on any atom is -0.373 e. The molecule has 1 fully saturated rings. The van der Waals surface area contributed by atoms with E-state index in [1.165, 1.54) is 0 Å². The molecule has 14 heteroatoms. The Morgan fingerprint density at radius 2 is 1.76 bits per heavy atom. The lowest BCUT2D eigenvalue weighted by molar-refractivity contribution is 0.0180. The van der Waals surface area contributed by atoms with Crippen LogP contribution in [-0.4, -0.2) is 38.4 Å². The second kappa shape index (κ2) is 7.13. The van der Waals surface area contributed by atoms with Gasteiger partial charge in [0.05, 0.1) is 18.8 Å². The minimum atomic E-state index is -5.29. The summed E-state index contributed by atoms with van der Waals surface area (Å²) < 4.78 is 39.7. The standard InChI is InChI=1S/C7H17O10P3S/c1-5-3-7(15-6(5)2)4-14-20(13,21)17-19(11,12)16-18(8,9)10/h5-7H,3-4H2,1-2H3,(H,11,12)(H,13,21)(H2,8,9,10)/t5-,6?,7?,20?/m0/s1. The first kappa shape index (κ1) is 19.8. The molecule has 10 nitrogen and oxygen atoms in total. The van der Waals surface area contributed by atoms with Crippen LogP contribution in [0.1, 0.15) is 20.3 Å². The Labute approximate surface area is 126 Å². The first-order chi connectivity index (χ1) is 9.30. The van der Waals surface area contributed by atoms with Crippen LogP contribution in [0.25, 0.3) is 0 Å². The van der Waals surface area contributed by atoms with Crippen LogP contribution in [0, 0.1) is 5.92 Å². The Bertz CT molecular complexity index is 495. The first-order valence-electron chi connectivity index (χ1n) is 5.73. The summed E-state index contributed by atoms with van der Waals surface area (Å²) in [5.41, 5.74) is 0. The Kier molecular flexibility index (Phi) is 6.74. The Balaban J connectivity index is 2.52. The fourth-order valence-electron chi connectivity index (χ4n) is 1.69. The van der Waals surface area contributed by atoms with Crippen LogP contribution in [-0.2, 0) is 38.8 Å². The fraction of sp³-hybridized carbons (Fsp3) is 1.00. The van der Waals surface area contributed by atoms with Crippen LogP contribution < -0.4 is 0 Å². The van der Waals surface area contributed by atoms with Crippen LogP contribution in [0.5, 0.6) is 0 Å². The molecule has 0 saturated carbocycles. The highest BCUT2D eigenvalue weighted by Crippen LogP contribution is 2.66. The third-order valence-electron chi connectivity index (χ3n) is 2.68. The summed E-state index contributed by atoms with van der Waals surface area (Å²) in [6.45, 7) is -0.571. The fourth-order valence-corrected chi connectivity index (χ4v) is 5.68. The van der Waals surface area contributed by atoms with Gasteiger partial charge in [0.15, 0.2) is 0 Å². The molecule has 1 aliphatic rings. The van der Waals surface area contributed by atoms with E-state index in [4.69, 9.17) is 23.9 Å². The first-order valence-corrected chi connectivity index (χ1v) is 11.4. The third-order valence-corrected chi connectivity index (χ3v) is 7.40. The maximum absolute atomic E-state index is 11.3. The lowest BCUT2D eigenvalue weighted by Gasteiger charge is -2.20. The van der Waals surface area contributed by atoms with Crippen LogP contribution in [0.4, 0.5) is 0 Å². The van der Waals surface area contributed by atoms with E-state index in [0.717, 1.165) is 0 Å². The monoisotopic (exact) mass is 386 g/mol. The molecule has 4 unspecified atom stereocenters. The minimum absolute atomic E-state index is 0.00185. The molecule has 1 rings (SSSR count). The number of hydrogen-bond donors (Lipinski definition) is 4. The topological polar surface area (TPSA) is 152 Å². The van der Waals surface area contributed by atoms with Gasteiger partial charge in [0, 0.05) is 0 Å². The average Bonchev–Trinajstić information content (AvgIpc) is 2.50. The molecule has 1 heterocycles. The number of phosphoric acid groups is 2. The van der Waals surface area contributed by atoms with E-state index in [1.54, 1.807) is 0 Å². The average molecular weight is 386 g/mol. The Hall–Kier alpha value is 0.790. The van der Waals surface area contributed by atoms with Gasteiger partial charge in [-0.25, -0.2) is 13.4 Å². The molecular weight excluding hydrogens is 369 g/mol. The smallest absolute Gasteiger partial charge is 0.373 e. The molecule has 126 valence electrons. The molecule has 4 N–H and O–H groups in total. The summed E-state index contributed by atoms with van der Waals surface area (Å²) in [5, 5.41) is 0. The predicted molar refractivity (Wildman–Crippen MR) is 74.6 cm³/mol. The quantitative estimate of drug-likeness (QED) is 0.468. The number of rotatable bonds is 7. The predicted octanol–water partition coefficient (Wildman–Crippen LogP) is 1.26. The van der Waals surface area contributed by atoms with Crippen molar-refractivity contribution in [3.8, 4) is 0 Å². The van der Waals surface area contributed by atoms with Gasteiger partial charge in [0.25, 0.3) is 0 Å². The van der Waals surface area contributed by atoms with Crippen molar-refractivity contribution in [1.82, 2.24) is 0 Å². The maximum Gasteiger partial charge on any atom is 0.488 e. The van der Waals surface area contributed by atoms with Gasteiger partial charge in [0.1, 0.15) is 0 Å². The van der Waals surface area contributed by atoms with E-state index < -0.39 is 22.4 Å². The molecule has 0 amide bonds. The van der Waals surface area contributed by atoms with Gasteiger partial charge in [0.2, 0.25) is 0 Å². The maximum atomic E-state index is 11.3. The van der Waals surface area contributed by atoms with Crippen molar-refractivity contribution in [2.75, 3.05) is 6.61 Å². The van der Waals surface area contributed by atoms with Crippen molar-refractivity contribution in [2.45, 2.75) is 32.5 Å². The van der Waals surface area contributed by atoms with Gasteiger partial charge in [-0.05, 0) is 31.1 Å². The van der Waals surface area contributed by atoms with E-state index in [1.807, 2.05) is 13.8 Å². The zero-order valence-electron chi connectivity index (χ0n) is 11.1. The second-order valence-electron chi connectivity index (χ2n) is 4.56. The molecule has 0 radical (unpaired) electrons. The zero-order valence-corrected chi connectivity index (χ0v) is 14.6. The van der Waals surface area contributed by atoms with Gasteiger partial charge in [-0.2, -0.15) is 4.31 Å². The largest absolute Gasteiger partial charge is 0.488 e. The van der Waals surface area contributed by atoms with E-state index in [0.29, 0.717) is 6.42 Å². The van der Waals surface area contributed by atoms with Gasteiger partial charge < -0.3 is 28.8 Å². The summed E-state index contributed by atoms with van der Waals surface area (Å²) in [4.78, 5) is 35.5. The Morgan fingerprint density at radius 3 is 2.19 bits per heavy atom. The number of hydrogen-bond acceptors (Lipinski definition) is 7. The molecule has 1 aliphatic heterocycles. The molecule has 0 aliphatic carbocycles. The molecule has 1 saturated heterocycles. The highest BCUT2D eigenvalue weighted by molar-refractivity contribution is 8.08. The van der Waals surface area contributed by atoms with Crippen LogP contribution >= 0.6 is 22.4 Å². The van der Waals surface area contributed by atoms with Crippen molar-refractivity contribution in [1.29, 1.82) is 0 Å². The van der Waals surface area contributed by atoms with E-state index in [9.17, 15) is 14.0 Å². The summed E-state index contributed by atoms with van der Waals surface area (Å²) in [6.07, 6.45) is 0.276. The normalized spacial score (nSPS) is 32.6. The molecule has 0 aromatic carbocycles. The van der Waals surface area contributed by atoms with Crippen molar-refractivity contribution in [3.63, 3.8) is 0 Å². The molecule has 0 bridgehead atoms. The van der Waals surface area contributed by atoms with E-state index >= 15 is 0 Å². The molecule has 21 heavy (non-hydrogen) atoms. The second-order valence-corrected chi connectivity index (χ2v) is 10.4. The van der Waals surface area contributed by atoms with Crippen LogP contribution in [0.15, 0.2) is 0 Å². The van der Waals surface area contributed by atoms with Gasteiger partial charge >= 0.3 is 22.4 Å². The summed E-state index contributed by atoms with van der Waals surface area (Å²) in [7, 11) is -10.5. The molecule has 5 atom stereocenters.